The maximum atomic E-state index is 5.53. The molecule has 76 valence electrons. The van der Waals surface area contributed by atoms with Gasteiger partial charge in [0.2, 0.25) is 11.8 Å². The number of ether oxygens (including phenoxy) is 2. The smallest absolute Gasteiger partial charge is 0.223 e. The normalized spacial score (nSPS) is 10.5. The Morgan fingerprint density at radius 3 is 2.71 bits per heavy atom. The molecule has 0 aliphatic carbocycles. The van der Waals surface area contributed by atoms with Gasteiger partial charge >= 0.3 is 0 Å². The van der Waals surface area contributed by atoms with Crippen LogP contribution in [0.2, 0.25) is 0 Å². The lowest BCUT2D eigenvalue weighted by Gasteiger charge is -2.05. The maximum Gasteiger partial charge on any atom is 0.223 e. The number of alkyl halides is 1. The largest absolute Gasteiger partial charge is 0.481 e. The number of allylic oxidation sites excluding steroid dienone is 1. The molecule has 1 aromatic rings. The molecule has 0 fully saturated rings. The summed E-state index contributed by atoms with van der Waals surface area (Å²) in [4.78, 5) is 4.12. The minimum Gasteiger partial charge on any atom is -0.481 e. The first kappa shape index (κ1) is 10.9. The molecule has 4 heteroatoms. The van der Waals surface area contributed by atoms with E-state index < -0.39 is 0 Å². The summed E-state index contributed by atoms with van der Waals surface area (Å²) >= 11 is 5.53. The summed E-state index contributed by atoms with van der Waals surface area (Å²) in [5.74, 6) is 1.53. The van der Waals surface area contributed by atoms with Crippen LogP contribution in [0.4, 0.5) is 0 Å². The molecule has 0 aliphatic heterocycles. The molecule has 3 nitrogen and oxygen atoms in total. The zero-order valence-corrected chi connectivity index (χ0v) is 8.91. The van der Waals surface area contributed by atoms with Crippen molar-refractivity contribution < 1.29 is 9.47 Å². The van der Waals surface area contributed by atoms with Crippen molar-refractivity contribution in [1.82, 2.24) is 4.98 Å². The van der Waals surface area contributed by atoms with Crippen molar-refractivity contribution in [3.05, 3.63) is 23.8 Å². The highest BCUT2D eigenvalue weighted by Crippen LogP contribution is 2.20. The van der Waals surface area contributed by atoms with E-state index in [1.807, 2.05) is 18.2 Å². The van der Waals surface area contributed by atoms with Crippen molar-refractivity contribution in [2.45, 2.75) is 0 Å². The molecular formula is C10H12ClNO2. The number of hydrogen-bond acceptors (Lipinski definition) is 3. The van der Waals surface area contributed by atoms with E-state index in [2.05, 4.69) is 4.98 Å². The van der Waals surface area contributed by atoms with Crippen LogP contribution in [0, 0.1) is 0 Å². The third-order valence-corrected chi connectivity index (χ3v) is 1.83. The Bertz CT molecular complexity index is 326. The second kappa shape index (κ2) is 5.50. The van der Waals surface area contributed by atoms with Gasteiger partial charge in [0.25, 0.3) is 0 Å². The molecule has 1 aromatic heterocycles. The van der Waals surface area contributed by atoms with E-state index >= 15 is 0 Å². The maximum absolute atomic E-state index is 5.53. The van der Waals surface area contributed by atoms with Crippen molar-refractivity contribution in [2.75, 3.05) is 20.1 Å². The lowest BCUT2D eigenvalue weighted by atomic mass is 10.2. The number of pyridine rings is 1. The van der Waals surface area contributed by atoms with Gasteiger partial charge in [-0.15, -0.1) is 11.6 Å². The van der Waals surface area contributed by atoms with E-state index in [1.54, 1.807) is 20.3 Å². The van der Waals surface area contributed by atoms with Crippen molar-refractivity contribution in [2.24, 2.45) is 0 Å². The molecule has 0 unspecified atom stereocenters. The number of aromatic nitrogens is 1. The fourth-order valence-corrected chi connectivity index (χ4v) is 1.10. The number of methoxy groups -OCH3 is 2. The highest BCUT2D eigenvalue weighted by atomic mass is 35.5. The first-order chi connectivity index (χ1) is 6.81. The topological polar surface area (TPSA) is 31.4 Å². The average Bonchev–Trinajstić information content (AvgIpc) is 2.26. The minimum absolute atomic E-state index is 0.467. The van der Waals surface area contributed by atoms with Gasteiger partial charge in [-0.1, -0.05) is 12.2 Å². The summed E-state index contributed by atoms with van der Waals surface area (Å²) in [6.45, 7) is 0. The van der Waals surface area contributed by atoms with E-state index in [4.69, 9.17) is 21.1 Å². The average molecular weight is 214 g/mol. The molecular weight excluding hydrogens is 202 g/mol. The summed E-state index contributed by atoms with van der Waals surface area (Å²) < 4.78 is 10.1. The third-order valence-electron chi connectivity index (χ3n) is 1.65. The SMILES string of the molecule is COc1ccc(C=CCCl)c(OC)n1. The van der Waals surface area contributed by atoms with E-state index in [1.165, 1.54) is 0 Å². The fraction of sp³-hybridized carbons (Fsp3) is 0.300. The second-order valence-electron chi connectivity index (χ2n) is 2.51. The number of hydrogen-bond donors (Lipinski definition) is 0. The number of rotatable bonds is 4. The van der Waals surface area contributed by atoms with Crippen molar-refractivity contribution >= 4 is 17.7 Å². The van der Waals surface area contributed by atoms with Gasteiger partial charge < -0.3 is 9.47 Å². The molecule has 0 aliphatic rings. The zero-order valence-electron chi connectivity index (χ0n) is 8.16. The van der Waals surface area contributed by atoms with Crippen molar-refractivity contribution in [3.63, 3.8) is 0 Å². The van der Waals surface area contributed by atoms with Gasteiger partial charge in [0.1, 0.15) is 0 Å². The second-order valence-corrected chi connectivity index (χ2v) is 2.82. The van der Waals surface area contributed by atoms with Crippen LogP contribution in [-0.4, -0.2) is 25.1 Å². The molecule has 0 saturated heterocycles. The Labute approximate surface area is 88.3 Å². The zero-order chi connectivity index (χ0) is 10.4. The van der Waals surface area contributed by atoms with Gasteiger partial charge in [-0.2, -0.15) is 4.98 Å². The first-order valence-electron chi connectivity index (χ1n) is 4.13. The number of halogens is 1. The molecule has 0 bridgehead atoms. The predicted molar refractivity (Wildman–Crippen MR) is 57.1 cm³/mol. The summed E-state index contributed by atoms with van der Waals surface area (Å²) in [6, 6.07) is 3.64. The Kier molecular flexibility index (Phi) is 4.26. The molecule has 0 saturated carbocycles. The molecule has 14 heavy (non-hydrogen) atoms. The van der Waals surface area contributed by atoms with Crippen LogP contribution in [0.3, 0.4) is 0 Å². The molecule has 0 aromatic carbocycles. The Hall–Kier alpha value is -1.22. The van der Waals surface area contributed by atoms with Crippen LogP contribution < -0.4 is 9.47 Å². The van der Waals surface area contributed by atoms with Crippen molar-refractivity contribution in [1.29, 1.82) is 0 Å². The molecule has 0 atom stereocenters. The van der Waals surface area contributed by atoms with Crippen LogP contribution in [0.1, 0.15) is 5.56 Å². The van der Waals surface area contributed by atoms with E-state index in [-0.39, 0.29) is 0 Å². The van der Waals surface area contributed by atoms with Crippen LogP contribution in [-0.2, 0) is 0 Å². The first-order valence-corrected chi connectivity index (χ1v) is 4.66. The molecule has 1 rings (SSSR count). The quantitative estimate of drug-likeness (QED) is 0.720. The van der Waals surface area contributed by atoms with Crippen LogP contribution in [0.25, 0.3) is 6.08 Å². The van der Waals surface area contributed by atoms with Crippen LogP contribution in [0.15, 0.2) is 18.2 Å². The van der Waals surface area contributed by atoms with Crippen LogP contribution >= 0.6 is 11.6 Å². The van der Waals surface area contributed by atoms with Gasteiger partial charge in [0.05, 0.1) is 14.2 Å². The van der Waals surface area contributed by atoms with E-state index in [0.29, 0.717) is 17.6 Å². The summed E-state index contributed by atoms with van der Waals surface area (Å²) in [7, 11) is 3.13. The Balaban J connectivity index is 2.99. The summed E-state index contributed by atoms with van der Waals surface area (Å²) in [6.07, 6.45) is 3.69. The van der Waals surface area contributed by atoms with Gasteiger partial charge in [-0.25, -0.2) is 0 Å². The third kappa shape index (κ3) is 2.64. The molecule has 1 heterocycles. The van der Waals surface area contributed by atoms with Gasteiger partial charge in [0.15, 0.2) is 0 Å². The van der Waals surface area contributed by atoms with Gasteiger partial charge in [0, 0.05) is 17.5 Å². The highest BCUT2D eigenvalue weighted by molar-refractivity contribution is 6.19. The lowest BCUT2D eigenvalue weighted by molar-refractivity contribution is 0.364. The molecule has 0 radical (unpaired) electrons. The van der Waals surface area contributed by atoms with E-state index in [0.717, 1.165) is 5.56 Å². The Morgan fingerprint density at radius 1 is 1.36 bits per heavy atom. The molecule has 0 spiro atoms. The highest BCUT2D eigenvalue weighted by Gasteiger charge is 2.02. The van der Waals surface area contributed by atoms with Gasteiger partial charge in [-0.05, 0) is 6.07 Å². The van der Waals surface area contributed by atoms with Gasteiger partial charge in [-0.3, -0.25) is 0 Å². The van der Waals surface area contributed by atoms with E-state index in [9.17, 15) is 0 Å². The van der Waals surface area contributed by atoms with Crippen molar-refractivity contribution in [3.8, 4) is 11.8 Å². The van der Waals surface area contributed by atoms with Crippen LogP contribution in [0.5, 0.6) is 11.8 Å². The monoisotopic (exact) mass is 213 g/mol. The summed E-state index contributed by atoms with van der Waals surface area (Å²) in [5, 5.41) is 0. The molecule has 0 amide bonds. The predicted octanol–water partition coefficient (Wildman–Crippen LogP) is 2.35. The fourth-order valence-electron chi connectivity index (χ4n) is 1.01. The molecule has 0 N–H and O–H groups in total. The minimum atomic E-state index is 0.467. The summed E-state index contributed by atoms with van der Waals surface area (Å²) in [5.41, 5.74) is 0.883. The Morgan fingerprint density at radius 2 is 2.14 bits per heavy atom. The number of nitrogens with zero attached hydrogens (tertiary/aromatic N) is 1. The lowest BCUT2D eigenvalue weighted by Crippen LogP contribution is -1.94. The standard InChI is InChI=1S/C10H12ClNO2/c1-13-9-6-5-8(4-3-7-11)10(12-9)14-2/h3-6H,7H2,1-2H3.